The standard InChI is InChI=1S/C27H37FO/c1-3-19-6-11-22(12-7-19)23-13-8-20(9-14-23)4-5-21-10-16-25-24(18-21)15-17-26(29-2)27(25)28/h10,15-20,22-23H,3-9,11-14H2,1-2H3. The predicted molar refractivity (Wildman–Crippen MR) is 120 cm³/mol. The summed E-state index contributed by atoms with van der Waals surface area (Å²) in [6.07, 6.45) is 15.5. The monoisotopic (exact) mass is 396 g/mol. The predicted octanol–water partition coefficient (Wildman–Crippen LogP) is 7.94. The normalized spacial score (nSPS) is 27.8. The first kappa shape index (κ1) is 20.7. The topological polar surface area (TPSA) is 9.23 Å². The average molecular weight is 397 g/mol. The number of fused-ring (bicyclic) bond motifs is 1. The van der Waals surface area contributed by atoms with Crippen LogP contribution in [0.3, 0.4) is 0 Å². The van der Waals surface area contributed by atoms with Crippen LogP contribution in [0.4, 0.5) is 4.39 Å². The van der Waals surface area contributed by atoms with E-state index >= 15 is 0 Å². The second-order valence-electron chi connectivity index (χ2n) is 9.65. The van der Waals surface area contributed by atoms with Gasteiger partial charge in [-0.2, -0.15) is 0 Å². The highest BCUT2D eigenvalue weighted by molar-refractivity contribution is 5.85. The Morgan fingerprint density at radius 1 is 0.862 bits per heavy atom. The van der Waals surface area contributed by atoms with E-state index in [9.17, 15) is 4.39 Å². The van der Waals surface area contributed by atoms with Gasteiger partial charge in [0.2, 0.25) is 0 Å². The summed E-state index contributed by atoms with van der Waals surface area (Å²) in [6, 6.07) is 9.89. The van der Waals surface area contributed by atoms with Crippen LogP contribution in [0.1, 0.15) is 76.7 Å². The van der Waals surface area contributed by atoms with Gasteiger partial charge in [-0.1, -0.05) is 63.3 Å². The van der Waals surface area contributed by atoms with Crippen LogP contribution in [0.25, 0.3) is 10.8 Å². The number of rotatable bonds is 6. The van der Waals surface area contributed by atoms with Crippen molar-refractivity contribution >= 4 is 10.8 Å². The van der Waals surface area contributed by atoms with Crippen molar-refractivity contribution in [2.45, 2.75) is 77.6 Å². The molecular formula is C27H37FO. The van der Waals surface area contributed by atoms with Gasteiger partial charge in [0, 0.05) is 5.39 Å². The molecule has 0 heterocycles. The molecule has 158 valence electrons. The third-order valence-corrected chi connectivity index (χ3v) is 8.07. The van der Waals surface area contributed by atoms with Crippen molar-refractivity contribution in [3.8, 4) is 5.75 Å². The van der Waals surface area contributed by atoms with Gasteiger partial charge in [0.1, 0.15) is 0 Å². The molecule has 0 bridgehead atoms. The molecule has 2 fully saturated rings. The Morgan fingerprint density at radius 2 is 1.52 bits per heavy atom. The molecule has 1 nitrogen and oxygen atoms in total. The Balaban J connectivity index is 1.27. The fourth-order valence-corrected chi connectivity index (χ4v) is 6.02. The maximum atomic E-state index is 14.4. The minimum atomic E-state index is -0.247. The van der Waals surface area contributed by atoms with Gasteiger partial charge in [0.25, 0.3) is 0 Å². The Kier molecular flexibility index (Phi) is 6.77. The van der Waals surface area contributed by atoms with E-state index in [1.165, 1.54) is 76.9 Å². The zero-order valence-corrected chi connectivity index (χ0v) is 18.3. The van der Waals surface area contributed by atoms with E-state index in [4.69, 9.17) is 4.74 Å². The Labute approximate surface area is 176 Å². The molecule has 2 aromatic rings. The molecule has 2 saturated carbocycles. The molecule has 0 aliphatic heterocycles. The average Bonchev–Trinajstić information content (AvgIpc) is 2.78. The van der Waals surface area contributed by atoms with Crippen molar-refractivity contribution in [3.05, 3.63) is 41.7 Å². The summed E-state index contributed by atoms with van der Waals surface area (Å²) in [5.41, 5.74) is 1.34. The fraction of sp³-hybridized carbons (Fsp3) is 0.630. The zero-order valence-electron chi connectivity index (χ0n) is 18.3. The van der Waals surface area contributed by atoms with Crippen molar-refractivity contribution in [1.82, 2.24) is 0 Å². The Bertz CT molecular complexity index is 798. The highest BCUT2D eigenvalue weighted by atomic mass is 19.1. The van der Waals surface area contributed by atoms with E-state index in [0.29, 0.717) is 11.1 Å². The largest absolute Gasteiger partial charge is 0.494 e. The lowest BCUT2D eigenvalue weighted by Crippen LogP contribution is -2.25. The molecule has 0 atom stereocenters. The van der Waals surface area contributed by atoms with Crippen LogP contribution in [0.5, 0.6) is 5.75 Å². The molecule has 0 amide bonds. The molecule has 0 aromatic heterocycles. The van der Waals surface area contributed by atoms with Gasteiger partial charge in [0.05, 0.1) is 7.11 Å². The fourth-order valence-electron chi connectivity index (χ4n) is 6.02. The summed E-state index contributed by atoms with van der Waals surface area (Å²) in [4.78, 5) is 0. The second kappa shape index (κ2) is 9.49. The third-order valence-electron chi connectivity index (χ3n) is 8.07. The molecule has 0 radical (unpaired) electrons. The van der Waals surface area contributed by atoms with Gasteiger partial charge in [-0.15, -0.1) is 0 Å². The molecule has 29 heavy (non-hydrogen) atoms. The van der Waals surface area contributed by atoms with E-state index in [1.54, 1.807) is 6.07 Å². The van der Waals surface area contributed by atoms with Crippen molar-refractivity contribution in [1.29, 1.82) is 0 Å². The van der Waals surface area contributed by atoms with Crippen LogP contribution in [0, 0.1) is 29.5 Å². The first-order valence-electron chi connectivity index (χ1n) is 11.9. The van der Waals surface area contributed by atoms with E-state index in [0.717, 1.165) is 35.5 Å². The summed E-state index contributed by atoms with van der Waals surface area (Å²) in [5, 5.41) is 1.64. The lowest BCUT2D eigenvalue weighted by atomic mass is 9.68. The van der Waals surface area contributed by atoms with E-state index < -0.39 is 0 Å². The van der Waals surface area contributed by atoms with Crippen LogP contribution >= 0.6 is 0 Å². The van der Waals surface area contributed by atoms with Crippen molar-refractivity contribution < 1.29 is 9.13 Å². The Hall–Kier alpha value is -1.57. The smallest absolute Gasteiger partial charge is 0.172 e. The SMILES string of the molecule is CCC1CCC(C2CCC(CCc3ccc4c(F)c(OC)ccc4c3)CC2)CC1. The van der Waals surface area contributed by atoms with Crippen molar-refractivity contribution in [2.24, 2.45) is 23.7 Å². The maximum Gasteiger partial charge on any atom is 0.172 e. The summed E-state index contributed by atoms with van der Waals surface area (Å²) < 4.78 is 19.5. The number of methoxy groups -OCH3 is 1. The van der Waals surface area contributed by atoms with Gasteiger partial charge in [-0.25, -0.2) is 4.39 Å². The van der Waals surface area contributed by atoms with E-state index in [1.807, 2.05) is 12.1 Å². The highest BCUT2D eigenvalue weighted by Gasteiger charge is 2.30. The third kappa shape index (κ3) is 4.78. The summed E-state index contributed by atoms with van der Waals surface area (Å²) >= 11 is 0. The molecule has 2 heteroatoms. The van der Waals surface area contributed by atoms with Crippen LogP contribution < -0.4 is 4.74 Å². The lowest BCUT2D eigenvalue weighted by Gasteiger charge is -2.37. The molecule has 0 spiro atoms. The van der Waals surface area contributed by atoms with Crippen LogP contribution in [-0.4, -0.2) is 7.11 Å². The van der Waals surface area contributed by atoms with Gasteiger partial charge < -0.3 is 4.74 Å². The maximum absolute atomic E-state index is 14.4. The number of ether oxygens (including phenoxy) is 1. The summed E-state index contributed by atoms with van der Waals surface area (Å²) in [6.45, 7) is 2.36. The molecule has 0 unspecified atom stereocenters. The quantitative estimate of drug-likeness (QED) is 0.481. The lowest BCUT2D eigenvalue weighted by molar-refractivity contribution is 0.142. The number of halogens is 1. The summed E-state index contributed by atoms with van der Waals surface area (Å²) in [7, 11) is 1.52. The molecule has 2 aliphatic rings. The second-order valence-corrected chi connectivity index (χ2v) is 9.65. The first-order chi connectivity index (χ1) is 14.2. The van der Waals surface area contributed by atoms with Gasteiger partial charge in [-0.05, 0) is 79.2 Å². The molecule has 0 saturated heterocycles. The number of aryl methyl sites for hydroxylation is 1. The van der Waals surface area contributed by atoms with Crippen molar-refractivity contribution in [2.75, 3.05) is 7.11 Å². The van der Waals surface area contributed by atoms with E-state index in [-0.39, 0.29) is 5.82 Å². The molecular weight excluding hydrogens is 359 g/mol. The molecule has 4 rings (SSSR count). The van der Waals surface area contributed by atoms with Crippen LogP contribution in [0.2, 0.25) is 0 Å². The van der Waals surface area contributed by atoms with Gasteiger partial charge >= 0.3 is 0 Å². The molecule has 2 aromatic carbocycles. The number of hydrogen-bond acceptors (Lipinski definition) is 1. The first-order valence-corrected chi connectivity index (χ1v) is 11.9. The zero-order chi connectivity index (χ0) is 20.2. The summed E-state index contributed by atoms with van der Waals surface area (Å²) in [5.74, 6) is 3.99. The van der Waals surface area contributed by atoms with Gasteiger partial charge in [-0.3, -0.25) is 0 Å². The number of benzene rings is 2. The van der Waals surface area contributed by atoms with Crippen molar-refractivity contribution in [3.63, 3.8) is 0 Å². The van der Waals surface area contributed by atoms with Gasteiger partial charge in [0.15, 0.2) is 11.6 Å². The molecule has 0 N–H and O–H groups in total. The number of hydrogen-bond donors (Lipinski definition) is 0. The van der Waals surface area contributed by atoms with Crippen LogP contribution in [-0.2, 0) is 6.42 Å². The minimum Gasteiger partial charge on any atom is -0.494 e. The minimum absolute atomic E-state index is 0.247. The molecule has 2 aliphatic carbocycles. The Morgan fingerprint density at radius 3 is 2.14 bits per heavy atom. The van der Waals surface area contributed by atoms with E-state index in [2.05, 4.69) is 19.1 Å². The van der Waals surface area contributed by atoms with Crippen LogP contribution in [0.15, 0.2) is 30.3 Å². The highest BCUT2D eigenvalue weighted by Crippen LogP contribution is 2.42.